The van der Waals surface area contributed by atoms with Gasteiger partial charge in [0.2, 0.25) is 0 Å². The van der Waals surface area contributed by atoms with Crippen molar-refractivity contribution in [3.63, 3.8) is 0 Å². The SMILES string of the molecule is CCC(O)CCNC(=O)c1c(C)nn(C)c1C. The van der Waals surface area contributed by atoms with E-state index in [2.05, 4.69) is 10.4 Å². The number of aliphatic hydroxyl groups is 1. The van der Waals surface area contributed by atoms with Gasteiger partial charge in [0.1, 0.15) is 0 Å². The Labute approximate surface area is 102 Å². The summed E-state index contributed by atoms with van der Waals surface area (Å²) >= 11 is 0. The lowest BCUT2D eigenvalue weighted by molar-refractivity contribution is 0.0940. The van der Waals surface area contributed by atoms with E-state index >= 15 is 0 Å². The average Bonchev–Trinajstić information content (AvgIpc) is 2.52. The Balaban J connectivity index is 2.58. The Hall–Kier alpha value is -1.36. The largest absolute Gasteiger partial charge is 0.393 e. The van der Waals surface area contributed by atoms with Gasteiger partial charge in [0.05, 0.1) is 17.4 Å². The van der Waals surface area contributed by atoms with Crippen LogP contribution in [0.2, 0.25) is 0 Å². The third-order valence-electron chi connectivity index (χ3n) is 2.97. The molecule has 1 rings (SSSR count). The predicted octanol–water partition coefficient (Wildman–Crippen LogP) is 0.928. The Bertz CT molecular complexity index is 399. The lowest BCUT2D eigenvalue weighted by atomic mass is 10.1. The van der Waals surface area contributed by atoms with Gasteiger partial charge in [0.15, 0.2) is 0 Å². The van der Waals surface area contributed by atoms with Crippen LogP contribution >= 0.6 is 0 Å². The number of aliphatic hydroxyl groups excluding tert-OH is 1. The zero-order valence-corrected chi connectivity index (χ0v) is 10.9. The minimum Gasteiger partial charge on any atom is -0.393 e. The van der Waals surface area contributed by atoms with E-state index in [0.717, 1.165) is 11.4 Å². The van der Waals surface area contributed by atoms with Crippen molar-refractivity contribution in [1.29, 1.82) is 0 Å². The maximum absolute atomic E-state index is 11.9. The zero-order valence-electron chi connectivity index (χ0n) is 10.9. The van der Waals surface area contributed by atoms with Crippen molar-refractivity contribution in [2.45, 2.75) is 39.7 Å². The maximum Gasteiger partial charge on any atom is 0.255 e. The topological polar surface area (TPSA) is 67.2 Å². The summed E-state index contributed by atoms with van der Waals surface area (Å²) in [5, 5.41) is 16.4. The quantitative estimate of drug-likeness (QED) is 0.803. The van der Waals surface area contributed by atoms with Crippen LogP contribution in [0.3, 0.4) is 0 Å². The van der Waals surface area contributed by atoms with Gasteiger partial charge in [-0.25, -0.2) is 0 Å². The first kappa shape index (κ1) is 13.7. The number of rotatable bonds is 5. The molecule has 0 saturated carbocycles. The number of carbonyl (C=O) groups excluding carboxylic acids is 1. The molecule has 1 aromatic heterocycles. The van der Waals surface area contributed by atoms with Crippen LogP contribution in [0.4, 0.5) is 0 Å². The smallest absolute Gasteiger partial charge is 0.255 e. The lowest BCUT2D eigenvalue weighted by Crippen LogP contribution is -2.27. The molecule has 1 aromatic rings. The van der Waals surface area contributed by atoms with Crippen LogP contribution < -0.4 is 5.32 Å². The second-order valence-corrected chi connectivity index (χ2v) is 4.28. The molecular formula is C12H21N3O2. The zero-order chi connectivity index (χ0) is 13.0. The highest BCUT2D eigenvalue weighted by atomic mass is 16.3. The molecular weight excluding hydrogens is 218 g/mol. The highest BCUT2D eigenvalue weighted by molar-refractivity contribution is 5.96. The molecule has 0 bridgehead atoms. The van der Waals surface area contributed by atoms with Crippen molar-refractivity contribution < 1.29 is 9.90 Å². The normalized spacial score (nSPS) is 12.5. The lowest BCUT2D eigenvalue weighted by Gasteiger charge is -2.09. The first-order chi connectivity index (χ1) is 7.97. The van der Waals surface area contributed by atoms with Crippen LogP contribution in [0, 0.1) is 13.8 Å². The molecule has 17 heavy (non-hydrogen) atoms. The van der Waals surface area contributed by atoms with E-state index in [1.54, 1.807) is 4.68 Å². The van der Waals surface area contributed by atoms with Crippen LogP contribution in [-0.4, -0.2) is 33.4 Å². The molecule has 96 valence electrons. The van der Waals surface area contributed by atoms with Gasteiger partial charge in [-0.15, -0.1) is 0 Å². The van der Waals surface area contributed by atoms with Gasteiger partial charge in [-0.3, -0.25) is 9.48 Å². The fraction of sp³-hybridized carbons (Fsp3) is 0.667. The molecule has 0 spiro atoms. The van der Waals surface area contributed by atoms with Crippen LogP contribution in [0.15, 0.2) is 0 Å². The van der Waals surface area contributed by atoms with E-state index in [4.69, 9.17) is 0 Å². The van der Waals surface area contributed by atoms with Gasteiger partial charge in [0, 0.05) is 19.3 Å². The summed E-state index contributed by atoms with van der Waals surface area (Å²) < 4.78 is 1.70. The molecule has 0 aromatic carbocycles. The predicted molar refractivity (Wildman–Crippen MR) is 65.9 cm³/mol. The summed E-state index contributed by atoms with van der Waals surface area (Å²) in [5.41, 5.74) is 2.23. The molecule has 1 atom stereocenters. The molecule has 0 aliphatic carbocycles. The van der Waals surface area contributed by atoms with E-state index in [1.807, 2.05) is 27.8 Å². The Morgan fingerprint density at radius 3 is 2.65 bits per heavy atom. The van der Waals surface area contributed by atoms with E-state index in [9.17, 15) is 9.90 Å². The summed E-state index contributed by atoms with van der Waals surface area (Å²) in [6.45, 7) is 6.10. The summed E-state index contributed by atoms with van der Waals surface area (Å²) in [7, 11) is 1.82. The summed E-state index contributed by atoms with van der Waals surface area (Å²) in [6, 6.07) is 0. The van der Waals surface area contributed by atoms with Crippen molar-refractivity contribution in [3.05, 3.63) is 17.0 Å². The standard InChI is InChI=1S/C12H21N3O2/c1-5-10(16)6-7-13-12(17)11-8(2)14-15(4)9(11)3/h10,16H,5-7H2,1-4H3,(H,13,17). The number of hydrogen-bond acceptors (Lipinski definition) is 3. The molecule has 0 aliphatic heterocycles. The second-order valence-electron chi connectivity index (χ2n) is 4.28. The van der Waals surface area contributed by atoms with Gasteiger partial charge >= 0.3 is 0 Å². The summed E-state index contributed by atoms with van der Waals surface area (Å²) in [4.78, 5) is 11.9. The molecule has 0 saturated heterocycles. The van der Waals surface area contributed by atoms with Crippen molar-refractivity contribution >= 4 is 5.91 Å². The summed E-state index contributed by atoms with van der Waals surface area (Å²) in [5.74, 6) is -0.114. The van der Waals surface area contributed by atoms with Gasteiger partial charge in [0.25, 0.3) is 5.91 Å². The maximum atomic E-state index is 11.9. The molecule has 1 heterocycles. The van der Waals surface area contributed by atoms with Crippen molar-refractivity contribution in [1.82, 2.24) is 15.1 Å². The Kier molecular flexibility index (Phi) is 4.69. The highest BCUT2D eigenvalue weighted by Gasteiger charge is 2.16. The monoisotopic (exact) mass is 239 g/mol. The molecule has 5 nitrogen and oxygen atoms in total. The van der Waals surface area contributed by atoms with Crippen LogP contribution in [-0.2, 0) is 7.05 Å². The number of hydrogen-bond donors (Lipinski definition) is 2. The number of carbonyl (C=O) groups is 1. The molecule has 5 heteroatoms. The number of amides is 1. The highest BCUT2D eigenvalue weighted by Crippen LogP contribution is 2.11. The van der Waals surface area contributed by atoms with Gasteiger partial charge < -0.3 is 10.4 Å². The van der Waals surface area contributed by atoms with Gasteiger partial charge in [-0.1, -0.05) is 6.92 Å². The molecule has 1 unspecified atom stereocenters. The van der Waals surface area contributed by atoms with E-state index < -0.39 is 0 Å². The third kappa shape index (κ3) is 3.30. The molecule has 2 N–H and O–H groups in total. The van der Waals surface area contributed by atoms with E-state index in [1.165, 1.54) is 0 Å². The number of aromatic nitrogens is 2. The van der Waals surface area contributed by atoms with Gasteiger partial charge in [-0.2, -0.15) is 5.10 Å². The van der Waals surface area contributed by atoms with Crippen LogP contribution in [0.1, 0.15) is 41.5 Å². The number of aryl methyl sites for hydroxylation is 2. The van der Waals surface area contributed by atoms with Crippen molar-refractivity contribution in [2.75, 3.05) is 6.54 Å². The Morgan fingerprint density at radius 2 is 2.18 bits per heavy atom. The van der Waals surface area contributed by atoms with Crippen LogP contribution in [0.5, 0.6) is 0 Å². The fourth-order valence-corrected chi connectivity index (χ4v) is 1.75. The average molecular weight is 239 g/mol. The first-order valence-corrected chi connectivity index (χ1v) is 5.93. The van der Waals surface area contributed by atoms with E-state index in [0.29, 0.717) is 24.9 Å². The second kappa shape index (κ2) is 5.82. The molecule has 1 amide bonds. The van der Waals surface area contributed by atoms with Crippen molar-refractivity contribution in [3.8, 4) is 0 Å². The molecule has 0 aliphatic rings. The van der Waals surface area contributed by atoms with Crippen molar-refractivity contribution in [2.24, 2.45) is 7.05 Å². The third-order valence-corrected chi connectivity index (χ3v) is 2.97. The number of nitrogens with one attached hydrogen (secondary N) is 1. The minimum absolute atomic E-state index is 0.114. The Morgan fingerprint density at radius 1 is 1.53 bits per heavy atom. The minimum atomic E-state index is -0.341. The first-order valence-electron chi connectivity index (χ1n) is 5.93. The van der Waals surface area contributed by atoms with Crippen LogP contribution in [0.25, 0.3) is 0 Å². The van der Waals surface area contributed by atoms with Gasteiger partial charge in [-0.05, 0) is 26.7 Å². The summed E-state index contributed by atoms with van der Waals surface area (Å²) in [6.07, 6.45) is 0.952. The van der Waals surface area contributed by atoms with E-state index in [-0.39, 0.29) is 12.0 Å². The fourth-order valence-electron chi connectivity index (χ4n) is 1.75. The molecule has 0 radical (unpaired) electrons. The molecule has 0 fully saturated rings. The number of nitrogens with zero attached hydrogens (tertiary/aromatic N) is 2.